The molecule has 0 aliphatic rings. The van der Waals surface area contributed by atoms with Crippen molar-refractivity contribution >= 4 is 39.4 Å². The fourth-order valence-corrected chi connectivity index (χ4v) is 2.72. The molecule has 3 aromatic rings. The summed E-state index contributed by atoms with van der Waals surface area (Å²) in [7, 11) is 0. The van der Waals surface area contributed by atoms with Crippen molar-refractivity contribution in [2.24, 2.45) is 0 Å². The fourth-order valence-electron chi connectivity index (χ4n) is 2.55. The van der Waals surface area contributed by atoms with Gasteiger partial charge in [0.2, 0.25) is 0 Å². The molecule has 0 saturated heterocycles. The van der Waals surface area contributed by atoms with Crippen molar-refractivity contribution in [3.63, 3.8) is 0 Å². The van der Waals surface area contributed by atoms with Gasteiger partial charge in [-0.3, -0.25) is 0 Å². The Morgan fingerprint density at radius 1 is 1.16 bits per heavy atom. The van der Waals surface area contributed by atoms with E-state index in [0.29, 0.717) is 10.6 Å². The van der Waals surface area contributed by atoms with Gasteiger partial charge in [-0.15, -0.1) is 0 Å². The fraction of sp³-hybridized carbons (Fsp3) is 0.133. The normalized spacial score (nSPS) is 11.3. The van der Waals surface area contributed by atoms with Crippen molar-refractivity contribution < 1.29 is 9.90 Å². The Balaban J connectivity index is 2.49. The van der Waals surface area contributed by atoms with E-state index in [0.717, 1.165) is 28.4 Å². The highest BCUT2D eigenvalue weighted by atomic mass is 35.5. The number of aryl methyl sites for hydroxylation is 1. The number of hydrogen-bond donors (Lipinski definition) is 1. The van der Waals surface area contributed by atoms with Crippen LogP contribution in [0.25, 0.3) is 21.8 Å². The third kappa shape index (κ3) is 1.78. The molecule has 1 heterocycles. The zero-order chi connectivity index (χ0) is 13.6. The van der Waals surface area contributed by atoms with E-state index in [1.807, 2.05) is 24.3 Å². The molecular weight excluding hydrogens is 262 g/mol. The first-order valence-electron chi connectivity index (χ1n) is 6.06. The molecule has 1 N–H and O–H groups in total. The van der Waals surface area contributed by atoms with Crippen LogP contribution in [0.3, 0.4) is 0 Å². The van der Waals surface area contributed by atoms with Gasteiger partial charge in [0.1, 0.15) is 0 Å². The number of halogens is 1. The van der Waals surface area contributed by atoms with Crippen LogP contribution in [0.1, 0.15) is 17.3 Å². The van der Waals surface area contributed by atoms with Crippen molar-refractivity contribution in [2.45, 2.75) is 13.5 Å². The summed E-state index contributed by atoms with van der Waals surface area (Å²) in [4.78, 5) is 11.1. The van der Waals surface area contributed by atoms with Crippen molar-refractivity contribution in [3.8, 4) is 0 Å². The van der Waals surface area contributed by atoms with Crippen molar-refractivity contribution in [2.75, 3.05) is 0 Å². The minimum atomic E-state index is -0.915. The van der Waals surface area contributed by atoms with Gasteiger partial charge in [-0.1, -0.05) is 11.6 Å². The molecule has 3 nitrogen and oxygen atoms in total. The maximum absolute atomic E-state index is 11.1. The number of nitrogens with zero attached hydrogens (tertiary/aromatic N) is 1. The second-order valence-corrected chi connectivity index (χ2v) is 4.88. The van der Waals surface area contributed by atoms with E-state index < -0.39 is 5.97 Å². The molecule has 2 aromatic carbocycles. The van der Waals surface area contributed by atoms with Crippen LogP contribution in [-0.4, -0.2) is 15.6 Å². The molecule has 0 unspecified atom stereocenters. The van der Waals surface area contributed by atoms with Gasteiger partial charge in [-0.2, -0.15) is 0 Å². The Labute approximate surface area is 115 Å². The lowest BCUT2D eigenvalue weighted by Gasteiger charge is -2.02. The third-order valence-electron chi connectivity index (χ3n) is 3.39. The van der Waals surface area contributed by atoms with E-state index in [2.05, 4.69) is 11.5 Å². The summed E-state index contributed by atoms with van der Waals surface area (Å²) in [5.74, 6) is -0.915. The predicted molar refractivity (Wildman–Crippen MR) is 77.1 cm³/mol. The second kappa shape index (κ2) is 4.28. The molecular formula is C15H12ClNO2. The maximum Gasteiger partial charge on any atom is 0.335 e. The van der Waals surface area contributed by atoms with Crippen LogP contribution in [0.15, 0.2) is 36.4 Å². The number of carboxylic acids is 1. The Kier molecular flexibility index (Phi) is 2.72. The van der Waals surface area contributed by atoms with Gasteiger partial charge in [0.15, 0.2) is 0 Å². The molecule has 0 bridgehead atoms. The molecule has 0 aliphatic carbocycles. The average molecular weight is 274 g/mol. The summed E-state index contributed by atoms with van der Waals surface area (Å²) in [6, 6.07) is 10.9. The zero-order valence-electron chi connectivity index (χ0n) is 10.4. The second-order valence-electron chi connectivity index (χ2n) is 4.44. The molecule has 96 valence electrons. The molecule has 0 aliphatic heterocycles. The highest BCUT2D eigenvalue weighted by molar-refractivity contribution is 6.31. The monoisotopic (exact) mass is 273 g/mol. The SMILES string of the molecule is CCn1c2ccc(Cl)cc2c2cc(C(=O)O)ccc21. The first-order chi connectivity index (χ1) is 9.11. The maximum atomic E-state index is 11.1. The van der Waals surface area contributed by atoms with Crippen LogP contribution in [0, 0.1) is 0 Å². The number of rotatable bonds is 2. The standard InChI is InChI=1S/C15H12ClNO2/c1-2-17-13-5-3-9(15(18)19)7-11(13)12-8-10(16)4-6-14(12)17/h3-8H,2H2,1H3,(H,18,19). The van der Waals surface area contributed by atoms with Gasteiger partial charge in [0.25, 0.3) is 0 Å². The molecule has 4 heteroatoms. The number of carbonyl (C=O) groups is 1. The van der Waals surface area contributed by atoms with Gasteiger partial charge in [-0.05, 0) is 43.3 Å². The van der Waals surface area contributed by atoms with E-state index in [-0.39, 0.29) is 0 Å². The summed E-state index contributed by atoms with van der Waals surface area (Å²) in [5.41, 5.74) is 2.40. The minimum Gasteiger partial charge on any atom is -0.478 e. The summed E-state index contributed by atoms with van der Waals surface area (Å²) in [6.07, 6.45) is 0. The van der Waals surface area contributed by atoms with Crippen molar-refractivity contribution in [3.05, 3.63) is 47.0 Å². The molecule has 0 atom stereocenters. The first kappa shape index (κ1) is 12.1. The smallest absolute Gasteiger partial charge is 0.335 e. The number of carboxylic acid groups (broad SMARTS) is 1. The quantitative estimate of drug-likeness (QED) is 0.761. The highest BCUT2D eigenvalue weighted by Gasteiger charge is 2.12. The Bertz CT molecular complexity index is 805. The Hall–Kier alpha value is -2.00. The van der Waals surface area contributed by atoms with E-state index in [1.54, 1.807) is 12.1 Å². The summed E-state index contributed by atoms with van der Waals surface area (Å²) in [6.45, 7) is 2.90. The highest BCUT2D eigenvalue weighted by Crippen LogP contribution is 2.31. The first-order valence-corrected chi connectivity index (χ1v) is 6.44. The van der Waals surface area contributed by atoms with Gasteiger partial charge in [-0.25, -0.2) is 4.79 Å². The Morgan fingerprint density at radius 3 is 2.42 bits per heavy atom. The average Bonchev–Trinajstić information content (AvgIpc) is 2.71. The third-order valence-corrected chi connectivity index (χ3v) is 3.63. The summed E-state index contributed by atoms with van der Waals surface area (Å²) >= 11 is 6.05. The largest absolute Gasteiger partial charge is 0.478 e. The van der Waals surface area contributed by atoms with Crippen LogP contribution in [0.5, 0.6) is 0 Å². The lowest BCUT2D eigenvalue weighted by molar-refractivity contribution is 0.0697. The van der Waals surface area contributed by atoms with Crippen LogP contribution in [0.4, 0.5) is 0 Å². The van der Waals surface area contributed by atoms with Crippen LogP contribution >= 0.6 is 11.6 Å². The Morgan fingerprint density at radius 2 is 1.79 bits per heavy atom. The molecule has 0 spiro atoms. The van der Waals surface area contributed by atoms with Crippen LogP contribution < -0.4 is 0 Å². The topological polar surface area (TPSA) is 42.2 Å². The predicted octanol–water partition coefficient (Wildman–Crippen LogP) is 4.17. The number of aromatic nitrogens is 1. The van der Waals surface area contributed by atoms with Crippen molar-refractivity contribution in [1.29, 1.82) is 0 Å². The molecule has 1 aromatic heterocycles. The van der Waals surface area contributed by atoms with Gasteiger partial charge < -0.3 is 9.67 Å². The van der Waals surface area contributed by atoms with Gasteiger partial charge in [0.05, 0.1) is 5.56 Å². The lowest BCUT2D eigenvalue weighted by atomic mass is 10.1. The summed E-state index contributed by atoms with van der Waals surface area (Å²) < 4.78 is 2.16. The van der Waals surface area contributed by atoms with E-state index in [9.17, 15) is 4.79 Å². The number of fused-ring (bicyclic) bond motifs is 3. The molecule has 0 saturated carbocycles. The zero-order valence-corrected chi connectivity index (χ0v) is 11.1. The molecule has 0 amide bonds. The van der Waals surface area contributed by atoms with E-state index in [1.165, 1.54) is 0 Å². The van der Waals surface area contributed by atoms with E-state index in [4.69, 9.17) is 16.7 Å². The molecule has 3 rings (SSSR count). The van der Waals surface area contributed by atoms with Crippen LogP contribution in [0.2, 0.25) is 5.02 Å². The number of aromatic carboxylic acids is 1. The molecule has 0 fully saturated rings. The number of hydrogen-bond acceptors (Lipinski definition) is 1. The lowest BCUT2D eigenvalue weighted by Crippen LogP contribution is -1.96. The summed E-state index contributed by atoms with van der Waals surface area (Å²) in [5, 5.41) is 11.7. The molecule has 19 heavy (non-hydrogen) atoms. The van der Waals surface area contributed by atoms with Gasteiger partial charge in [0, 0.05) is 33.4 Å². The van der Waals surface area contributed by atoms with Gasteiger partial charge >= 0.3 is 5.97 Å². The van der Waals surface area contributed by atoms with Crippen molar-refractivity contribution in [1.82, 2.24) is 4.57 Å². The minimum absolute atomic E-state index is 0.294. The molecule has 0 radical (unpaired) electrons. The number of benzene rings is 2. The van der Waals surface area contributed by atoms with Crippen LogP contribution in [-0.2, 0) is 6.54 Å². The van der Waals surface area contributed by atoms with E-state index >= 15 is 0 Å².